The minimum Gasteiger partial charge on any atom is -0.459 e. The molecule has 0 aliphatic heterocycles. The highest BCUT2D eigenvalue weighted by Crippen LogP contribution is 2.36. The molecular weight excluding hydrogens is 895 g/mol. The summed E-state index contributed by atoms with van der Waals surface area (Å²) >= 11 is 0. The number of anilines is 3. The maximum Gasteiger partial charge on any atom is 0.326 e. The van der Waals surface area contributed by atoms with Gasteiger partial charge >= 0.3 is 11.9 Å². The Labute approximate surface area is 380 Å². The summed E-state index contributed by atoms with van der Waals surface area (Å²) in [4.78, 5) is 81.7. The van der Waals surface area contributed by atoms with Crippen LogP contribution in [0.1, 0.15) is 91.8 Å². The van der Waals surface area contributed by atoms with Gasteiger partial charge in [0.15, 0.2) is 11.6 Å². The van der Waals surface area contributed by atoms with Crippen molar-refractivity contribution < 1.29 is 50.3 Å². The van der Waals surface area contributed by atoms with E-state index in [0.29, 0.717) is 33.4 Å². The lowest BCUT2D eigenvalue weighted by atomic mass is 10.0. The summed E-state index contributed by atoms with van der Waals surface area (Å²) in [6, 6.07) is 5.92. The molecule has 4 aromatic heterocycles. The summed E-state index contributed by atoms with van der Waals surface area (Å²) < 4.78 is 71.7. The number of benzene rings is 2. The number of hydrogen-bond donors (Lipinski definition) is 3. The van der Waals surface area contributed by atoms with Crippen LogP contribution in [0.3, 0.4) is 0 Å². The highest BCUT2D eigenvalue weighted by Gasteiger charge is 2.29. The van der Waals surface area contributed by atoms with Crippen LogP contribution in [0.25, 0.3) is 32.9 Å². The molecule has 66 heavy (non-hydrogen) atoms. The summed E-state index contributed by atoms with van der Waals surface area (Å²) in [5.74, 6) is -2.88. The van der Waals surface area contributed by atoms with E-state index < -0.39 is 61.4 Å². The molecule has 348 valence electrons. The normalized spacial score (nSPS) is 12.2. The van der Waals surface area contributed by atoms with Crippen LogP contribution < -0.4 is 14.8 Å². The second-order valence-corrected chi connectivity index (χ2v) is 20.8. The number of aryl methyl sites for hydroxylation is 1. The number of nitrogens with zero attached hydrogens (tertiary/aromatic N) is 6. The first kappa shape index (κ1) is 48.4. The largest absolute Gasteiger partial charge is 0.459 e. The summed E-state index contributed by atoms with van der Waals surface area (Å²) in [5, 5.41) is 3.32. The van der Waals surface area contributed by atoms with Gasteiger partial charge in [-0.25, -0.2) is 36.8 Å². The number of aromatic nitrogens is 6. The number of Topliss-reactive ketones (excluding diaryl/α,β-unsaturated/α-hetero) is 2. The summed E-state index contributed by atoms with van der Waals surface area (Å²) in [7, 11) is -8.07. The van der Waals surface area contributed by atoms with Crippen molar-refractivity contribution in [3.05, 3.63) is 90.3 Å². The molecule has 0 saturated heterocycles. The van der Waals surface area contributed by atoms with Crippen LogP contribution in [-0.4, -0.2) is 98.5 Å². The minimum absolute atomic E-state index is 0.0228. The van der Waals surface area contributed by atoms with Gasteiger partial charge in [-0.15, -0.1) is 0 Å². The molecule has 0 aliphatic carbocycles. The molecule has 0 spiro atoms. The second kappa shape index (κ2) is 18.4. The van der Waals surface area contributed by atoms with E-state index in [1.807, 2.05) is 0 Å². The minimum atomic E-state index is -4.29. The zero-order valence-electron chi connectivity index (χ0n) is 37.7. The number of carbonyl (C=O) groups excluding carboxylic acids is 5. The Bertz CT molecular complexity index is 3140. The quantitative estimate of drug-likeness (QED) is 0.0734. The molecule has 20 nitrogen and oxygen atoms in total. The van der Waals surface area contributed by atoms with Crippen LogP contribution in [-0.2, 0) is 52.2 Å². The van der Waals surface area contributed by atoms with Crippen LogP contribution in [0.5, 0.6) is 0 Å². The lowest BCUT2D eigenvalue weighted by Gasteiger charge is -2.25. The number of sulfonamides is 2. The fourth-order valence-corrected chi connectivity index (χ4v) is 8.93. The molecule has 3 N–H and O–H groups in total. The van der Waals surface area contributed by atoms with E-state index in [1.54, 1.807) is 33.8 Å². The van der Waals surface area contributed by atoms with Crippen molar-refractivity contribution in [3.8, 4) is 11.1 Å². The van der Waals surface area contributed by atoms with Gasteiger partial charge in [0, 0.05) is 76.6 Å². The first-order chi connectivity index (χ1) is 30.7. The molecule has 2 aromatic carbocycles. The number of rotatable bonds is 17. The standard InChI is InChI=1S/C44H49N9O11S2/c1-25(54)33-20-52(38-14-30(28-18-47-27(3)48-19-28)35(12-31(33)38)50-65(9,59)60)23-41(57)64-44(7,8)10-11-66(61,62)51-37-13-32-34(26(2)55)21-53(22-40(56)63-43(4,5)6)39(32)15-36(37)49-42(58)29-16-45-24-46-17-29/h12-21,24,50-51H,10-11,22-23H2,1-9H3,(H,49,58). The van der Waals surface area contributed by atoms with Crippen molar-refractivity contribution in [2.75, 3.05) is 26.8 Å². The number of ether oxygens (including phenoxy) is 2. The number of esters is 2. The van der Waals surface area contributed by atoms with E-state index in [-0.39, 0.29) is 63.7 Å². The Hall–Kier alpha value is -7.07. The first-order valence-corrected chi connectivity index (χ1v) is 23.8. The van der Waals surface area contributed by atoms with E-state index in [4.69, 9.17) is 9.47 Å². The summed E-state index contributed by atoms with van der Waals surface area (Å²) in [6.45, 7) is 11.8. The van der Waals surface area contributed by atoms with Crippen molar-refractivity contribution in [3.63, 3.8) is 0 Å². The van der Waals surface area contributed by atoms with E-state index in [1.165, 1.54) is 98.5 Å². The zero-order chi connectivity index (χ0) is 48.5. The van der Waals surface area contributed by atoms with Crippen molar-refractivity contribution in [2.24, 2.45) is 0 Å². The van der Waals surface area contributed by atoms with Crippen molar-refractivity contribution in [2.45, 2.75) is 86.1 Å². The highest BCUT2D eigenvalue weighted by atomic mass is 32.2. The molecular formula is C44H49N9O11S2. The molecule has 6 rings (SSSR count). The number of hydrogen-bond acceptors (Lipinski definition) is 15. The van der Waals surface area contributed by atoms with E-state index in [0.717, 1.165) is 6.26 Å². The van der Waals surface area contributed by atoms with Crippen LogP contribution in [0.2, 0.25) is 0 Å². The molecule has 0 unspecified atom stereocenters. The molecule has 0 saturated carbocycles. The average Bonchev–Trinajstić information content (AvgIpc) is 3.72. The second-order valence-electron chi connectivity index (χ2n) is 17.2. The lowest BCUT2D eigenvalue weighted by molar-refractivity contribution is -0.157. The van der Waals surface area contributed by atoms with Gasteiger partial charge in [0.25, 0.3) is 5.91 Å². The molecule has 6 aromatic rings. The molecule has 0 aliphatic rings. The van der Waals surface area contributed by atoms with Gasteiger partial charge in [0.1, 0.15) is 36.4 Å². The van der Waals surface area contributed by atoms with Gasteiger partial charge in [-0.1, -0.05) is 0 Å². The van der Waals surface area contributed by atoms with Gasteiger partial charge in [-0.2, -0.15) is 0 Å². The van der Waals surface area contributed by atoms with Gasteiger partial charge in [0.2, 0.25) is 20.0 Å². The monoisotopic (exact) mass is 943 g/mol. The molecule has 22 heteroatoms. The Balaban J connectivity index is 1.26. The van der Waals surface area contributed by atoms with E-state index >= 15 is 0 Å². The van der Waals surface area contributed by atoms with Crippen LogP contribution in [0, 0.1) is 6.92 Å². The Morgan fingerprint density at radius 1 is 0.697 bits per heavy atom. The molecule has 1 amide bonds. The molecule has 0 fully saturated rings. The predicted octanol–water partition coefficient (Wildman–Crippen LogP) is 5.68. The van der Waals surface area contributed by atoms with E-state index in [9.17, 15) is 40.8 Å². The topological polar surface area (TPSA) is 270 Å². The lowest BCUT2D eigenvalue weighted by Crippen LogP contribution is -2.33. The number of fused-ring (bicyclic) bond motifs is 2. The average molecular weight is 944 g/mol. The number of amides is 1. The van der Waals surface area contributed by atoms with Gasteiger partial charge in [0.05, 0.1) is 45.7 Å². The SMILES string of the molecule is CC(=O)c1cn(CC(=O)OC(C)(C)C)c2cc(NC(=O)c3cncnc3)c(NS(=O)(=O)CCC(C)(C)OC(=O)Cn3cc(C(C)=O)c4cc(NS(C)(=O)=O)c(-c5cnc(C)nc5)cc43)cc12. The Kier molecular flexibility index (Phi) is 13.5. The van der Waals surface area contributed by atoms with Crippen LogP contribution in [0.4, 0.5) is 17.1 Å². The van der Waals surface area contributed by atoms with E-state index in [2.05, 4.69) is 34.7 Å². The Morgan fingerprint density at radius 3 is 1.76 bits per heavy atom. The summed E-state index contributed by atoms with van der Waals surface area (Å²) in [6.07, 6.45) is 10.5. The maximum atomic E-state index is 13.9. The van der Waals surface area contributed by atoms with Gasteiger partial charge < -0.3 is 23.9 Å². The maximum absolute atomic E-state index is 13.9. The smallest absolute Gasteiger partial charge is 0.326 e. The van der Waals surface area contributed by atoms with Crippen molar-refractivity contribution in [1.29, 1.82) is 0 Å². The fourth-order valence-electron chi connectivity index (χ4n) is 6.99. The highest BCUT2D eigenvalue weighted by molar-refractivity contribution is 7.92. The molecule has 0 radical (unpaired) electrons. The first-order valence-electron chi connectivity index (χ1n) is 20.3. The third-order valence-corrected chi connectivity index (χ3v) is 11.8. The zero-order valence-corrected chi connectivity index (χ0v) is 39.3. The molecule has 0 atom stereocenters. The predicted molar refractivity (Wildman–Crippen MR) is 246 cm³/mol. The van der Waals surface area contributed by atoms with Crippen molar-refractivity contribution in [1.82, 2.24) is 29.1 Å². The summed E-state index contributed by atoms with van der Waals surface area (Å²) in [5.41, 5.74) is -0.151. The van der Waals surface area contributed by atoms with Gasteiger partial charge in [-0.05, 0) is 79.7 Å². The Morgan fingerprint density at radius 2 is 1.23 bits per heavy atom. The number of nitrogens with one attached hydrogen (secondary N) is 3. The third kappa shape index (κ3) is 12.0. The molecule has 0 bridgehead atoms. The van der Waals surface area contributed by atoms with Crippen LogP contribution >= 0.6 is 0 Å². The third-order valence-electron chi connectivity index (χ3n) is 9.90. The number of carbonyl (C=O) groups is 5. The molecule has 4 heterocycles. The fraction of sp³-hybridized carbons (Fsp3) is 0.341. The van der Waals surface area contributed by atoms with Crippen LogP contribution in [0.15, 0.2) is 67.8 Å². The van der Waals surface area contributed by atoms with Gasteiger partial charge in [-0.3, -0.25) is 33.4 Å². The van der Waals surface area contributed by atoms with Crippen molar-refractivity contribution >= 4 is 88.3 Å². The number of ketones is 2.